The molecular formula is C18H15N3O5. The molecule has 2 N–H and O–H groups in total. The maximum atomic E-state index is 12.2. The lowest BCUT2D eigenvalue weighted by molar-refractivity contribution is 0.0844. The largest absolute Gasteiger partial charge is 0.494 e. The zero-order chi connectivity index (χ0) is 18.5. The Hall–Kier alpha value is -3.68. The Morgan fingerprint density at radius 3 is 2.69 bits per heavy atom. The Morgan fingerprint density at radius 1 is 1.15 bits per heavy atom. The number of hydrogen-bond donors (Lipinski definition) is 2. The zero-order valence-electron chi connectivity index (χ0n) is 13.8. The van der Waals surface area contributed by atoms with Crippen LogP contribution in [0, 0.1) is 0 Å². The Balaban J connectivity index is 1.77. The number of hydrogen-bond acceptors (Lipinski definition) is 6. The Kier molecular flexibility index (Phi) is 4.93. The van der Waals surface area contributed by atoms with Gasteiger partial charge in [0.1, 0.15) is 16.9 Å². The number of aromatic nitrogens is 1. The van der Waals surface area contributed by atoms with Crippen LogP contribution >= 0.6 is 0 Å². The first-order chi connectivity index (χ1) is 12.6. The van der Waals surface area contributed by atoms with Crippen molar-refractivity contribution in [2.45, 2.75) is 6.92 Å². The molecule has 8 heteroatoms. The number of nitrogens with one attached hydrogen (secondary N) is 2. The third-order valence-electron chi connectivity index (χ3n) is 3.48. The average Bonchev–Trinajstić information content (AvgIpc) is 2.66. The molecule has 0 saturated carbocycles. The molecule has 0 unspecified atom stereocenters. The van der Waals surface area contributed by atoms with Crippen LogP contribution in [0.25, 0.3) is 11.0 Å². The number of pyridine rings is 1. The van der Waals surface area contributed by atoms with Gasteiger partial charge in [0, 0.05) is 23.8 Å². The topological polar surface area (TPSA) is 111 Å². The van der Waals surface area contributed by atoms with Crippen LogP contribution in [0.1, 0.15) is 27.6 Å². The second kappa shape index (κ2) is 7.47. The van der Waals surface area contributed by atoms with Gasteiger partial charge in [-0.3, -0.25) is 25.4 Å². The molecule has 2 aromatic heterocycles. The van der Waals surface area contributed by atoms with E-state index in [2.05, 4.69) is 15.8 Å². The summed E-state index contributed by atoms with van der Waals surface area (Å²) in [6, 6.07) is 9.47. The van der Waals surface area contributed by atoms with Gasteiger partial charge in [0.2, 0.25) is 0 Å². The van der Waals surface area contributed by atoms with E-state index < -0.39 is 17.4 Å². The van der Waals surface area contributed by atoms with Crippen LogP contribution in [0.15, 0.2) is 58.0 Å². The van der Waals surface area contributed by atoms with E-state index >= 15 is 0 Å². The van der Waals surface area contributed by atoms with Gasteiger partial charge < -0.3 is 9.15 Å². The number of nitrogens with zero attached hydrogens (tertiary/aromatic N) is 1. The van der Waals surface area contributed by atoms with E-state index in [1.54, 1.807) is 24.3 Å². The molecular weight excluding hydrogens is 338 g/mol. The van der Waals surface area contributed by atoms with Gasteiger partial charge in [-0.25, -0.2) is 4.79 Å². The molecule has 0 fully saturated rings. The maximum absolute atomic E-state index is 12.2. The molecule has 2 amide bonds. The van der Waals surface area contributed by atoms with Gasteiger partial charge in [0.15, 0.2) is 0 Å². The maximum Gasteiger partial charge on any atom is 0.349 e. The zero-order valence-corrected chi connectivity index (χ0v) is 13.8. The normalized spacial score (nSPS) is 10.3. The smallest absolute Gasteiger partial charge is 0.349 e. The number of amides is 2. The average molecular weight is 353 g/mol. The van der Waals surface area contributed by atoms with Crippen molar-refractivity contribution >= 4 is 22.8 Å². The van der Waals surface area contributed by atoms with Crippen LogP contribution in [-0.2, 0) is 0 Å². The fourth-order valence-corrected chi connectivity index (χ4v) is 2.26. The molecule has 0 aliphatic heterocycles. The number of carbonyl (C=O) groups excluding carboxylic acids is 2. The molecule has 26 heavy (non-hydrogen) atoms. The highest BCUT2D eigenvalue weighted by Gasteiger charge is 2.15. The molecule has 0 radical (unpaired) electrons. The molecule has 1 aromatic carbocycles. The lowest BCUT2D eigenvalue weighted by atomic mass is 10.1. The quantitative estimate of drug-likeness (QED) is 0.545. The van der Waals surface area contributed by atoms with Crippen LogP contribution < -0.4 is 21.2 Å². The Labute approximate surface area is 147 Å². The van der Waals surface area contributed by atoms with Gasteiger partial charge in [-0.1, -0.05) is 0 Å². The van der Waals surface area contributed by atoms with Crippen LogP contribution in [0.2, 0.25) is 0 Å². The number of hydrazine groups is 1. The number of benzene rings is 1. The van der Waals surface area contributed by atoms with Crippen LogP contribution in [0.5, 0.6) is 5.75 Å². The molecule has 2 heterocycles. The summed E-state index contributed by atoms with van der Waals surface area (Å²) in [6.45, 7) is 2.32. The van der Waals surface area contributed by atoms with Crippen LogP contribution in [-0.4, -0.2) is 23.4 Å². The molecule has 0 spiro atoms. The predicted octanol–water partition coefficient (Wildman–Crippen LogP) is 1.66. The van der Waals surface area contributed by atoms with Gasteiger partial charge >= 0.3 is 5.63 Å². The summed E-state index contributed by atoms with van der Waals surface area (Å²) in [5.74, 6) is -0.783. The van der Waals surface area contributed by atoms with Crippen LogP contribution in [0.4, 0.5) is 0 Å². The summed E-state index contributed by atoms with van der Waals surface area (Å²) in [5, 5.41) is 0.553. The van der Waals surface area contributed by atoms with E-state index in [9.17, 15) is 14.4 Å². The minimum absolute atomic E-state index is 0.229. The molecule has 3 rings (SSSR count). The first-order valence-corrected chi connectivity index (χ1v) is 7.80. The van der Waals surface area contributed by atoms with Crippen molar-refractivity contribution in [1.29, 1.82) is 0 Å². The molecule has 3 aromatic rings. The molecule has 0 atom stereocenters. The molecule has 0 bridgehead atoms. The third-order valence-corrected chi connectivity index (χ3v) is 3.48. The molecule has 0 saturated heterocycles. The Morgan fingerprint density at radius 2 is 1.96 bits per heavy atom. The van der Waals surface area contributed by atoms with Crippen molar-refractivity contribution in [2.75, 3.05) is 6.61 Å². The predicted molar refractivity (Wildman–Crippen MR) is 92.8 cm³/mol. The number of carbonyl (C=O) groups is 2. The van der Waals surface area contributed by atoms with E-state index in [1.807, 2.05) is 6.92 Å². The van der Waals surface area contributed by atoms with Crippen molar-refractivity contribution in [2.24, 2.45) is 0 Å². The van der Waals surface area contributed by atoms with Gasteiger partial charge in [-0.15, -0.1) is 0 Å². The molecule has 8 nitrogen and oxygen atoms in total. The minimum atomic E-state index is -0.820. The van der Waals surface area contributed by atoms with E-state index in [0.29, 0.717) is 23.3 Å². The molecule has 0 aliphatic rings. The summed E-state index contributed by atoms with van der Waals surface area (Å²) in [4.78, 5) is 40.0. The van der Waals surface area contributed by atoms with Gasteiger partial charge in [0.25, 0.3) is 11.8 Å². The third kappa shape index (κ3) is 3.69. The Bertz CT molecular complexity index is 1010. The molecule has 0 aliphatic carbocycles. The number of ether oxygens (including phenoxy) is 1. The van der Waals surface area contributed by atoms with E-state index in [4.69, 9.17) is 9.15 Å². The SMILES string of the molecule is CCOc1ccc2cc(C(=O)NNC(=O)c3cccnc3)c(=O)oc2c1. The number of rotatable bonds is 4. The lowest BCUT2D eigenvalue weighted by Gasteiger charge is -2.08. The van der Waals surface area contributed by atoms with Gasteiger partial charge in [-0.05, 0) is 37.3 Å². The highest BCUT2D eigenvalue weighted by Crippen LogP contribution is 2.20. The standard InChI is InChI=1S/C18H15N3O5/c1-2-25-13-6-5-11-8-14(18(24)26-15(11)9-13)17(23)21-20-16(22)12-4-3-7-19-10-12/h3-10H,2H2,1H3,(H,20,22)(H,21,23). The van der Waals surface area contributed by atoms with Crippen LogP contribution in [0.3, 0.4) is 0 Å². The second-order valence-corrected chi connectivity index (χ2v) is 5.23. The molecule has 132 valence electrons. The lowest BCUT2D eigenvalue weighted by Crippen LogP contribution is -2.43. The van der Waals surface area contributed by atoms with Crippen molar-refractivity contribution < 1.29 is 18.7 Å². The fourth-order valence-electron chi connectivity index (χ4n) is 2.26. The minimum Gasteiger partial charge on any atom is -0.494 e. The fraction of sp³-hybridized carbons (Fsp3) is 0.111. The highest BCUT2D eigenvalue weighted by molar-refractivity contribution is 6.00. The summed E-state index contributed by atoms with van der Waals surface area (Å²) >= 11 is 0. The van der Waals surface area contributed by atoms with Gasteiger partial charge in [0.05, 0.1) is 12.2 Å². The van der Waals surface area contributed by atoms with E-state index in [-0.39, 0.29) is 11.1 Å². The van der Waals surface area contributed by atoms with Crippen molar-refractivity contribution in [3.63, 3.8) is 0 Å². The van der Waals surface area contributed by atoms with Crippen molar-refractivity contribution in [1.82, 2.24) is 15.8 Å². The van der Waals surface area contributed by atoms with Gasteiger partial charge in [-0.2, -0.15) is 0 Å². The van der Waals surface area contributed by atoms with E-state index in [1.165, 1.54) is 24.5 Å². The summed E-state index contributed by atoms with van der Waals surface area (Å²) in [7, 11) is 0. The summed E-state index contributed by atoms with van der Waals surface area (Å²) < 4.78 is 10.5. The second-order valence-electron chi connectivity index (χ2n) is 5.23. The van der Waals surface area contributed by atoms with E-state index in [0.717, 1.165) is 0 Å². The van der Waals surface area contributed by atoms with Crippen molar-refractivity contribution in [3.05, 3.63) is 70.3 Å². The van der Waals surface area contributed by atoms with Crippen molar-refractivity contribution in [3.8, 4) is 5.75 Å². The first-order valence-electron chi connectivity index (χ1n) is 7.80. The highest BCUT2D eigenvalue weighted by atomic mass is 16.5. The number of fused-ring (bicyclic) bond motifs is 1. The first kappa shape index (κ1) is 17.2. The summed E-state index contributed by atoms with van der Waals surface area (Å²) in [6.07, 6.45) is 2.87. The summed E-state index contributed by atoms with van der Waals surface area (Å²) in [5.41, 5.74) is 3.92. The monoisotopic (exact) mass is 353 g/mol.